The average molecular weight is 184 g/mol. The first-order valence-corrected chi connectivity index (χ1v) is 3.72. The van der Waals surface area contributed by atoms with E-state index in [4.69, 9.17) is 24.4 Å². The van der Waals surface area contributed by atoms with E-state index in [1.807, 2.05) is 0 Å². The Morgan fingerprint density at radius 1 is 1.45 bits per heavy atom. The summed E-state index contributed by atoms with van der Waals surface area (Å²) in [5.41, 5.74) is 0. The van der Waals surface area contributed by atoms with Gasteiger partial charge in [0.2, 0.25) is 0 Å². The summed E-state index contributed by atoms with van der Waals surface area (Å²) in [7, 11) is -5.39. The van der Waals surface area contributed by atoms with E-state index in [9.17, 15) is 9.90 Å². The molecule has 0 heterocycles. The number of rotatable bonds is 1. The van der Waals surface area contributed by atoms with Crippen LogP contribution < -0.4 is 19.8 Å². The zero-order valence-electron chi connectivity index (χ0n) is 5.42. The third kappa shape index (κ3) is 43.3. The fourth-order valence-corrected chi connectivity index (χ4v) is 0. The second-order valence-electron chi connectivity index (χ2n) is 1.44. The molecule has 0 aliphatic rings. The van der Waals surface area contributed by atoms with Crippen LogP contribution in [0.5, 0.6) is 0 Å². The highest BCUT2D eigenvalue weighted by molar-refractivity contribution is 7.40. The summed E-state index contributed by atoms with van der Waals surface area (Å²) in [6, 6.07) is 0. The van der Waals surface area contributed by atoms with E-state index < -0.39 is 19.9 Å². The minimum Gasteiger partial charge on any atom is -0.822 e. The molecule has 68 valence electrons. The summed E-state index contributed by atoms with van der Waals surface area (Å²) in [5, 5.41) is 17.3. The van der Waals surface area contributed by atoms with Gasteiger partial charge in [0.15, 0.2) is 0 Å². The monoisotopic (exact) mass is 184 g/mol. The van der Waals surface area contributed by atoms with Crippen molar-refractivity contribution in [1.29, 1.82) is 0 Å². The molecule has 0 aliphatic heterocycles. The van der Waals surface area contributed by atoms with E-state index in [0.29, 0.717) is 0 Å². The number of carboxylic acid groups (broad SMARTS) is 1. The highest BCUT2D eigenvalue weighted by Gasteiger charge is 1.89. The first-order valence-electron chi connectivity index (χ1n) is 2.26. The van der Waals surface area contributed by atoms with Crippen molar-refractivity contribution in [2.45, 2.75) is 13.0 Å². The molecule has 0 spiro atoms. The van der Waals surface area contributed by atoms with Gasteiger partial charge >= 0.3 is 0 Å². The molecule has 0 rings (SSSR count). The van der Waals surface area contributed by atoms with Crippen LogP contribution in [0.1, 0.15) is 6.92 Å². The predicted octanol–water partition coefficient (Wildman–Crippen LogP) is -4.71. The van der Waals surface area contributed by atoms with Gasteiger partial charge in [0, 0.05) is 0 Å². The van der Waals surface area contributed by atoms with E-state index in [1.165, 1.54) is 0 Å². The number of aliphatic hydroxyl groups is 1. The summed E-state index contributed by atoms with van der Waals surface area (Å²) in [6.07, 6.45) is -1.34. The summed E-state index contributed by atoms with van der Waals surface area (Å²) in [6.45, 7) is 1.13. The highest BCUT2D eigenvalue weighted by Crippen LogP contribution is 2.03. The van der Waals surface area contributed by atoms with E-state index in [2.05, 4.69) is 0 Å². The molecule has 1 unspecified atom stereocenters. The Kier molecular flexibility index (Phi) is 6.25. The molecule has 1 N–H and O–H groups in total. The number of aliphatic hydroxyl groups excluding tert-OH is 1. The molecule has 0 saturated heterocycles. The van der Waals surface area contributed by atoms with Crippen molar-refractivity contribution in [3.05, 3.63) is 0 Å². The molecule has 11 heavy (non-hydrogen) atoms. The van der Waals surface area contributed by atoms with Gasteiger partial charge in [0.25, 0.3) is 0 Å². The third-order valence-corrected chi connectivity index (χ3v) is 0.341. The van der Waals surface area contributed by atoms with Gasteiger partial charge in [-0.1, -0.05) is 0 Å². The van der Waals surface area contributed by atoms with Crippen molar-refractivity contribution in [1.82, 2.24) is 0 Å². The fraction of sp³-hybridized carbons (Fsp3) is 0.667. The van der Waals surface area contributed by atoms with Gasteiger partial charge in [0.1, 0.15) is 0 Å². The number of carbonyl (C=O) groups is 1. The Bertz CT molecular complexity index is 149. The fourth-order valence-electron chi connectivity index (χ4n) is 0. The van der Waals surface area contributed by atoms with Gasteiger partial charge in [-0.15, -0.1) is 0 Å². The van der Waals surface area contributed by atoms with Crippen LogP contribution in [0, 0.1) is 0 Å². The smallest absolute Gasteiger partial charge is 0.0905 e. The van der Waals surface area contributed by atoms with Gasteiger partial charge in [-0.2, -0.15) is 7.82 Å². The van der Waals surface area contributed by atoms with Crippen molar-refractivity contribution >= 4 is 13.8 Å². The van der Waals surface area contributed by atoms with Gasteiger partial charge in [-0.05, 0) is 6.92 Å². The normalized spacial score (nSPS) is 12.8. The quantitative estimate of drug-likeness (QED) is 0.402. The van der Waals surface area contributed by atoms with Crippen LogP contribution in [0.4, 0.5) is 0 Å². The van der Waals surface area contributed by atoms with E-state index in [0.717, 1.165) is 6.92 Å². The van der Waals surface area contributed by atoms with Crippen molar-refractivity contribution in [2.24, 2.45) is 0 Å². The largest absolute Gasteiger partial charge is 0.822 e. The maximum Gasteiger partial charge on any atom is 0.0905 e. The van der Waals surface area contributed by atoms with Crippen LogP contribution in [-0.4, -0.2) is 17.2 Å². The molecule has 0 radical (unpaired) electrons. The SMILES string of the molecule is CC(O)C(=O)[O-].O=P([O-])([O-])[O-]. The highest BCUT2D eigenvalue weighted by atomic mass is 31.2. The Morgan fingerprint density at radius 2 is 1.55 bits per heavy atom. The van der Waals surface area contributed by atoms with Gasteiger partial charge < -0.3 is 34.3 Å². The molecular formula is C3H5O7P-4. The van der Waals surface area contributed by atoms with E-state index in [1.54, 1.807) is 0 Å². The number of carboxylic acids is 1. The minimum atomic E-state index is -5.39. The van der Waals surface area contributed by atoms with Crippen molar-refractivity contribution in [2.75, 3.05) is 0 Å². The molecule has 0 aromatic heterocycles. The zero-order valence-corrected chi connectivity index (χ0v) is 6.32. The first-order chi connectivity index (χ1) is 4.64. The number of aliphatic carboxylic acids is 1. The molecular weight excluding hydrogens is 179 g/mol. The van der Waals surface area contributed by atoms with Crippen LogP contribution in [0.2, 0.25) is 0 Å². The Labute approximate surface area is 62.2 Å². The van der Waals surface area contributed by atoms with Gasteiger partial charge in [0.05, 0.1) is 12.1 Å². The second-order valence-corrected chi connectivity index (χ2v) is 2.34. The summed E-state index contributed by atoms with van der Waals surface area (Å²) >= 11 is 0. The maximum atomic E-state index is 9.34. The number of hydrogen-bond donors (Lipinski definition) is 1. The van der Waals surface area contributed by atoms with E-state index >= 15 is 0 Å². The van der Waals surface area contributed by atoms with Crippen LogP contribution in [0.3, 0.4) is 0 Å². The lowest BCUT2D eigenvalue weighted by Crippen LogP contribution is -2.32. The second kappa shape index (κ2) is 5.22. The summed E-state index contributed by atoms with van der Waals surface area (Å²) in [4.78, 5) is 35.0. The van der Waals surface area contributed by atoms with Crippen LogP contribution in [0.15, 0.2) is 0 Å². The molecule has 0 saturated carbocycles. The third-order valence-electron chi connectivity index (χ3n) is 0.341. The molecule has 1 atom stereocenters. The Morgan fingerprint density at radius 3 is 1.55 bits per heavy atom. The molecule has 0 fully saturated rings. The number of phosphoric acid groups is 1. The molecule has 8 heteroatoms. The molecule has 0 aromatic carbocycles. The minimum absolute atomic E-state index is 1.13. The topological polar surface area (TPSA) is 147 Å². The molecule has 0 amide bonds. The van der Waals surface area contributed by atoms with Crippen LogP contribution in [-0.2, 0) is 9.36 Å². The number of hydrogen-bond acceptors (Lipinski definition) is 7. The molecule has 7 nitrogen and oxygen atoms in total. The molecule has 0 aliphatic carbocycles. The van der Waals surface area contributed by atoms with Gasteiger partial charge in [-0.25, -0.2) is 0 Å². The Balaban J connectivity index is 0. The van der Waals surface area contributed by atoms with Crippen LogP contribution >= 0.6 is 7.82 Å². The number of carbonyl (C=O) groups excluding carboxylic acids is 1. The van der Waals surface area contributed by atoms with Crippen LogP contribution in [0.25, 0.3) is 0 Å². The average Bonchev–Trinajstić information content (AvgIpc) is 1.59. The lowest BCUT2D eigenvalue weighted by molar-refractivity contribution is -0.432. The first kappa shape index (κ1) is 13.2. The lowest BCUT2D eigenvalue weighted by Gasteiger charge is -2.36. The summed E-state index contributed by atoms with van der Waals surface area (Å²) in [5.74, 6) is -1.44. The van der Waals surface area contributed by atoms with Crippen molar-refractivity contribution in [3.8, 4) is 0 Å². The Hall–Kier alpha value is -0.460. The standard InChI is InChI=1S/C3H6O3.H3O4P/c1-2(4)3(5)6;1-5(2,3)4/h2,4H,1H3,(H,5,6);(H3,1,2,3,4)/p-4. The maximum absolute atomic E-state index is 9.34. The van der Waals surface area contributed by atoms with Gasteiger partial charge in [-0.3, -0.25) is 0 Å². The summed E-state index contributed by atoms with van der Waals surface area (Å²) < 4.78 is 8.55. The lowest BCUT2D eigenvalue weighted by atomic mass is 10.4. The predicted molar refractivity (Wildman–Crippen MR) is 24.3 cm³/mol. The zero-order chi connectivity index (χ0) is 9.65. The van der Waals surface area contributed by atoms with Crippen molar-refractivity contribution in [3.63, 3.8) is 0 Å². The molecule has 0 aromatic rings. The molecule has 0 bridgehead atoms. The van der Waals surface area contributed by atoms with E-state index in [-0.39, 0.29) is 0 Å². The van der Waals surface area contributed by atoms with Crippen molar-refractivity contribution < 1.29 is 34.3 Å².